The number of halogens is 1. The van der Waals surface area contributed by atoms with Gasteiger partial charge >= 0.3 is 0 Å². The molecule has 1 fully saturated rings. The summed E-state index contributed by atoms with van der Waals surface area (Å²) in [6.45, 7) is 3.08. The molecule has 0 amide bonds. The van der Waals surface area contributed by atoms with Crippen molar-refractivity contribution in [3.63, 3.8) is 0 Å². The topological polar surface area (TPSA) is 23.5 Å². The number of rotatable bonds is 5. The van der Waals surface area contributed by atoms with Gasteiger partial charge in [-0.05, 0) is 50.4 Å². The van der Waals surface area contributed by atoms with Gasteiger partial charge in [0.1, 0.15) is 5.82 Å². The van der Waals surface area contributed by atoms with Crippen molar-refractivity contribution >= 4 is 0 Å². The Morgan fingerprint density at radius 2 is 2.20 bits per heavy atom. The molecule has 0 bridgehead atoms. The molecule has 20 heavy (non-hydrogen) atoms. The van der Waals surface area contributed by atoms with E-state index < -0.39 is 0 Å². The molecule has 2 nitrogen and oxygen atoms in total. The van der Waals surface area contributed by atoms with Crippen LogP contribution in [0.25, 0.3) is 0 Å². The van der Waals surface area contributed by atoms with E-state index in [-0.39, 0.29) is 12.4 Å². The third-order valence-corrected chi connectivity index (χ3v) is 3.92. The van der Waals surface area contributed by atoms with Crippen molar-refractivity contribution in [2.45, 2.75) is 38.8 Å². The van der Waals surface area contributed by atoms with Gasteiger partial charge in [-0.1, -0.05) is 17.9 Å². The van der Waals surface area contributed by atoms with E-state index in [9.17, 15) is 4.39 Å². The molecule has 1 aliphatic carbocycles. The van der Waals surface area contributed by atoms with Gasteiger partial charge in [0.15, 0.2) is 0 Å². The third kappa shape index (κ3) is 4.06. The highest BCUT2D eigenvalue weighted by Gasteiger charge is 2.30. The number of aliphatic hydroxyl groups is 1. The van der Waals surface area contributed by atoms with Crippen molar-refractivity contribution < 1.29 is 9.50 Å². The predicted octanol–water partition coefficient (Wildman–Crippen LogP) is 2.79. The van der Waals surface area contributed by atoms with Crippen molar-refractivity contribution in [1.82, 2.24) is 4.90 Å². The van der Waals surface area contributed by atoms with E-state index in [2.05, 4.69) is 30.7 Å². The van der Waals surface area contributed by atoms with E-state index in [4.69, 9.17) is 5.11 Å². The van der Waals surface area contributed by atoms with Crippen LogP contribution in [0.15, 0.2) is 18.2 Å². The average molecular weight is 275 g/mol. The van der Waals surface area contributed by atoms with Crippen LogP contribution in [-0.2, 0) is 6.54 Å². The van der Waals surface area contributed by atoms with Crippen LogP contribution in [0.4, 0.5) is 4.39 Å². The number of aliphatic hydroxyl groups excluding tert-OH is 1. The molecule has 0 heterocycles. The summed E-state index contributed by atoms with van der Waals surface area (Å²) in [5.74, 6) is 6.09. The van der Waals surface area contributed by atoms with Crippen LogP contribution >= 0.6 is 0 Å². The molecule has 1 aromatic carbocycles. The zero-order chi connectivity index (χ0) is 14.5. The van der Waals surface area contributed by atoms with Gasteiger partial charge in [0, 0.05) is 19.0 Å². The molecule has 1 aromatic rings. The maximum Gasteiger partial charge on any atom is 0.138 e. The highest BCUT2D eigenvalue weighted by Crippen LogP contribution is 2.35. The Morgan fingerprint density at radius 3 is 2.85 bits per heavy atom. The summed E-state index contributed by atoms with van der Waals surface area (Å²) < 4.78 is 13.7. The molecule has 0 aliphatic heterocycles. The molecule has 2 rings (SSSR count). The minimum atomic E-state index is -0.294. The molecule has 3 heteroatoms. The molecule has 1 unspecified atom stereocenters. The lowest BCUT2D eigenvalue weighted by Gasteiger charge is -2.24. The Balaban J connectivity index is 2.04. The maximum absolute atomic E-state index is 13.7. The molecule has 1 N–H and O–H groups in total. The van der Waals surface area contributed by atoms with Crippen molar-refractivity contribution in [3.05, 3.63) is 35.1 Å². The van der Waals surface area contributed by atoms with Crippen LogP contribution in [0, 0.1) is 23.6 Å². The van der Waals surface area contributed by atoms with Crippen LogP contribution in [-0.4, -0.2) is 29.7 Å². The molecule has 1 aliphatic rings. The first-order valence-corrected chi connectivity index (χ1v) is 7.20. The number of nitrogens with zero attached hydrogens (tertiary/aromatic N) is 1. The quantitative estimate of drug-likeness (QED) is 0.835. The monoisotopic (exact) mass is 275 g/mol. The first-order valence-electron chi connectivity index (χ1n) is 7.20. The van der Waals surface area contributed by atoms with E-state index in [1.807, 2.05) is 12.1 Å². The molecule has 0 radical (unpaired) electrons. The largest absolute Gasteiger partial charge is 0.395 e. The Kier molecular flexibility index (Phi) is 5.17. The first kappa shape index (κ1) is 15.0. The Labute approximate surface area is 120 Å². The smallest absolute Gasteiger partial charge is 0.138 e. The zero-order valence-electron chi connectivity index (χ0n) is 12.2. The van der Waals surface area contributed by atoms with Crippen molar-refractivity contribution in [2.75, 3.05) is 13.7 Å². The standard InChI is InChI=1S/C17H22FNO/c1-13(15-7-8-15)19(2)12-14-6-9-17(18)16(11-14)5-3-4-10-20/h6,9,11,13,15,20H,4,7-8,10,12H2,1-2H3. The normalized spacial score (nSPS) is 15.8. The van der Waals surface area contributed by atoms with Gasteiger partial charge in [0.25, 0.3) is 0 Å². The van der Waals surface area contributed by atoms with Crippen LogP contribution in [0.5, 0.6) is 0 Å². The van der Waals surface area contributed by atoms with Gasteiger partial charge in [-0.15, -0.1) is 0 Å². The molecule has 0 saturated heterocycles. The SMILES string of the molecule is CC(C1CC1)N(C)Cc1ccc(F)c(C#CCCO)c1. The van der Waals surface area contributed by atoms with E-state index >= 15 is 0 Å². The van der Waals surface area contributed by atoms with Gasteiger partial charge in [-0.2, -0.15) is 0 Å². The first-order chi connectivity index (χ1) is 9.61. The van der Waals surface area contributed by atoms with Gasteiger partial charge in [0.2, 0.25) is 0 Å². The summed E-state index contributed by atoms with van der Waals surface area (Å²) in [4.78, 5) is 2.32. The lowest BCUT2D eigenvalue weighted by molar-refractivity contribution is 0.226. The summed E-state index contributed by atoms with van der Waals surface area (Å²) in [6.07, 6.45) is 3.03. The second-order valence-electron chi connectivity index (χ2n) is 5.58. The molecule has 1 saturated carbocycles. The van der Waals surface area contributed by atoms with Crippen molar-refractivity contribution in [1.29, 1.82) is 0 Å². The molecular formula is C17H22FNO. The molecular weight excluding hydrogens is 253 g/mol. The summed E-state index contributed by atoms with van der Waals surface area (Å²) in [7, 11) is 2.11. The van der Waals surface area contributed by atoms with Crippen molar-refractivity contribution in [2.24, 2.45) is 5.92 Å². The van der Waals surface area contributed by atoms with Gasteiger partial charge in [-0.3, -0.25) is 4.90 Å². The van der Waals surface area contributed by atoms with E-state index in [0.29, 0.717) is 18.0 Å². The van der Waals surface area contributed by atoms with Gasteiger partial charge < -0.3 is 5.11 Å². The maximum atomic E-state index is 13.7. The van der Waals surface area contributed by atoms with E-state index in [1.54, 1.807) is 0 Å². The lowest BCUT2D eigenvalue weighted by Crippen LogP contribution is -2.30. The summed E-state index contributed by atoms with van der Waals surface area (Å²) in [5, 5.41) is 8.70. The Hall–Kier alpha value is -1.37. The number of benzene rings is 1. The minimum absolute atomic E-state index is 0.00987. The average Bonchev–Trinajstić information content (AvgIpc) is 3.26. The fourth-order valence-electron chi connectivity index (χ4n) is 2.35. The molecule has 1 atom stereocenters. The van der Waals surface area contributed by atoms with E-state index in [0.717, 1.165) is 18.0 Å². The van der Waals surface area contributed by atoms with E-state index in [1.165, 1.54) is 18.9 Å². The number of hydrogen-bond acceptors (Lipinski definition) is 2. The Morgan fingerprint density at radius 1 is 1.45 bits per heavy atom. The summed E-state index contributed by atoms with van der Waals surface area (Å²) in [5.41, 5.74) is 1.50. The van der Waals surface area contributed by atoms with Gasteiger partial charge in [0.05, 0.1) is 12.2 Å². The number of hydrogen-bond donors (Lipinski definition) is 1. The zero-order valence-corrected chi connectivity index (χ0v) is 12.2. The molecule has 108 valence electrons. The fraction of sp³-hybridized carbons (Fsp3) is 0.529. The second kappa shape index (κ2) is 6.88. The minimum Gasteiger partial charge on any atom is -0.395 e. The lowest BCUT2D eigenvalue weighted by atomic mass is 10.1. The van der Waals surface area contributed by atoms with Crippen LogP contribution < -0.4 is 0 Å². The van der Waals surface area contributed by atoms with Crippen LogP contribution in [0.1, 0.15) is 37.3 Å². The van der Waals surface area contributed by atoms with Crippen LogP contribution in [0.2, 0.25) is 0 Å². The molecule has 0 aromatic heterocycles. The predicted molar refractivity (Wildman–Crippen MR) is 78.6 cm³/mol. The van der Waals surface area contributed by atoms with Crippen molar-refractivity contribution in [3.8, 4) is 11.8 Å². The summed E-state index contributed by atoms with van der Waals surface area (Å²) >= 11 is 0. The third-order valence-electron chi connectivity index (χ3n) is 3.92. The highest BCUT2D eigenvalue weighted by molar-refractivity contribution is 5.38. The Bertz CT molecular complexity index is 513. The highest BCUT2D eigenvalue weighted by atomic mass is 19.1. The fourth-order valence-corrected chi connectivity index (χ4v) is 2.35. The second-order valence-corrected chi connectivity index (χ2v) is 5.58. The van der Waals surface area contributed by atoms with Gasteiger partial charge in [-0.25, -0.2) is 4.39 Å². The summed E-state index contributed by atoms with van der Waals surface area (Å²) in [6, 6.07) is 5.69. The van der Waals surface area contributed by atoms with Crippen LogP contribution in [0.3, 0.4) is 0 Å². The molecule has 0 spiro atoms.